The first-order valence-electron chi connectivity index (χ1n) is 8.35. The van der Waals surface area contributed by atoms with E-state index in [2.05, 4.69) is 17.2 Å². The molecule has 0 aliphatic rings. The summed E-state index contributed by atoms with van der Waals surface area (Å²) >= 11 is 1.38. The van der Waals surface area contributed by atoms with Gasteiger partial charge in [0.1, 0.15) is 10.7 Å². The summed E-state index contributed by atoms with van der Waals surface area (Å²) in [6, 6.07) is 5.51. The smallest absolute Gasteiger partial charge is 0.271 e. The van der Waals surface area contributed by atoms with Crippen molar-refractivity contribution in [2.24, 2.45) is 5.73 Å². The van der Waals surface area contributed by atoms with E-state index in [4.69, 9.17) is 15.2 Å². The van der Waals surface area contributed by atoms with E-state index in [1.54, 1.807) is 12.5 Å². The van der Waals surface area contributed by atoms with Crippen LogP contribution in [0.25, 0.3) is 0 Å². The molecule has 136 valence electrons. The first-order chi connectivity index (χ1) is 12.1. The average molecular weight is 363 g/mol. The summed E-state index contributed by atoms with van der Waals surface area (Å²) in [6.07, 6.45) is 2.07. The minimum Gasteiger partial charge on any atom is -0.493 e. The molecular formula is C18H25N3O3S. The first kappa shape index (κ1) is 19.2. The van der Waals surface area contributed by atoms with Crippen LogP contribution in [0.2, 0.25) is 0 Å². The number of rotatable bonds is 9. The molecule has 1 aromatic heterocycles. The highest BCUT2D eigenvalue weighted by Crippen LogP contribution is 2.30. The van der Waals surface area contributed by atoms with Gasteiger partial charge >= 0.3 is 0 Å². The number of nitrogens with two attached hydrogens (primary N) is 1. The summed E-state index contributed by atoms with van der Waals surface area (Å²) in [5.74, 6) is 1.16. The van der Waals surface area contributed by atoms with Crippen molar-refractivity contribution in [3.05, 3.63) is 39.8 Å². The predicted octanol–water partition coefficient (Wildman–Crippen LogP) is 3.28. The van der Waals surface area contributed by atoms with Gasteiger partial charge in [-0.25, -0.2) is 4.98 Å². The monoisotopic (exact) mass is 363 g/mol. The van der Waals surface area contributed by atoms with E-state index >= 15 is 0 Å². The van der Waals surface area contributed by atoms with Crippen LogP contribution in [0.15, 0.2) is 23.6 Å². The Kier molecular flexibility index (Phi) is 7.21. The van der Waals surface area contributed by atoms with Gasteiger partial charge in [0.15, 0.2) is 11.5 Å². The van der Waals surface area contributed by atoms with Crippen LogP contribution in [0.4, 0.5) is 0 Å². The molecule has 1 amide bonds. The molecule has 1 unspecified atom stereocenters. The minimum absolute atomic E-state index is 0.186. The lowest BCUT2D eigenvalue weighted by molar-refractivity contribution is 0.0935. The van der Waals surface area contributed by atoms with E-state index < -0.39 is 0 Å². The fourth-order valence-electron chi connectivity index (χ4n) is 2.26. The number of ether oxygens (including phenoxy) is 2. The zero-order valence-corrected chi connectivity index (χ0v) is 15.7. The second-order valence-corrected chi connectivity index (χ2v) is 6.58. The number of methoxy groups -OCH3 is 1. The summed E-state index contributed by atoms with van der Waals surface area (Å²) in [5, 5.41) is 5.40. The molecule has 0 fully saturated rings. The standard InChI is InChI=1S/C18H25N3O3S/c1-4-5-8-24-15-7-6-13(9-16(15)23-3)12(2)20-18(22)14-11-25-17(10-19)21-14/h6-7,9,11-12H,4-5,8,10,19H2,1-3H3,(H,20,22). The number of aromatic nitrogens is 1. The third-order valence-corrected chi connectivity index (χ3v) is 4.62. The maximum Gasteiger partial charge on any atom is 0.271 e. The molecule has 7 heteroatoms. The van der Waals surface area contributed by atoms with Crippen molar-refractivity contribution >= 4 is 17.2 Å². The molecule has 3 N–H and O–H groups in total. The largest absolute Gasteiger partial charge is 0.493 e. The number of carbonyl (C=O) groups is 1. The quantitative estimate of drug-likeness (QED) is 0.668. The van der Waals surface area contributed by atoms with Crippen LogP contribution in [0, 0.1) is 0 Å². The molecule has 0 saturated heterocycles. The van der Waals surface area contributed by atoms with Crippen LogP contribution < -0.4 is 20.5 Å². The molecule has 0 aliphatic carbocycles. The molecule has 0 radical (unpaired) electrons. The van der Waals surface area contributed by atoms with Crippen molar-refractivity contribution in [1.82, 2.24) is 10.3 Å². The number of hydrogen-bond acceptors (Lipinski definition) is 6. The van der Waals surface area contributed by atoms with Gasteiger partial charge in [-0.3, -0.25) is 4.79 Å². The van der Waals surface area contributed by atoms with Gasteiger partial charge in [0, 0.05) is 11.9 Å². The highest BCUT2D eigenvalue weighted by Gasteiger charge is 2.16. The zero-order valence-electron chi connectivity index (χ0n) is 14.9. The van der Waals surface area contributed by atoms with Crippen LogP contribution in [0.1, 0.15) is 53.8 Å². The third-order valence-electron chi connectivity index (χ3n) is 3.75. The van der Waals surface area contributed by atoms with Crippen molar-refractivity contribution in [2.45, 2.75) is 39.3 Å². The Morgan fingerprint density at radius 1 is 1.40 bits per heavy atom. The molecule has 6 nitrogen and oxygen atoms in total. The molecule has 0 aliphatic heterocycles. The molecule has 2 aromatic rings. The van der Waals surface area contributed by atoms with Gasteiger partial charge in [-0.1, -0.05) is 19.4 Å². The van der Waals surface area contributed by atoms with Crippen LogP contribution in [-0.2, 0) is 6.54 Å². The summed E-state index contributed by atoms with van der Waals surface area (Å²) in [4.78, 5) is 16.5. The highest BCUT2D eigenvalue weighted by atomic mass is 32.1. The molecular weight excluding hydrogens is 338 g/mol. The Labute approximate surface area is 152 Å². The van der Waals surface area contributed by atoms with Crippen molar-refractivity contribution < 1.29 is 14.3 Å². The third kappa shape index (κ3) is 5.17. The average Bonchev–Trinajstić information content (AvgIpc) is 3.11. The number of benzene rings is 1. The van der Waals surface area contributed by atoms with Gasteiger partial charge in [-0.15, -0.1) is 11.3 Å². The summed E-state index contributed by atoms with van der Waals surface area (Å²) in [6.45, 7) is 5.03. The van der Waals surface area contributed by atoms with Gasteiger partial charge in [0.05, 0.1) is 19.8 Å². The summed E-state index contributed by atoms with van der Waals surface area (Å²) < 4.78 is 11.1. The van der Waals surface area contributed by atoms with E-state index in [9.17, 15) is 4.79 Å². The Morgan fingerprint density at radius 3 is 2.84 bits per heavy atom. The SMILES string of the molecule is CCCCOc1ccc(C(C)NC(=O)c2csc(CN)n2)cc1OC. The second-order valence-electron chi connectivity index (χ2n) is 5.64. The number of thiazole rings is 1. The van der Waals surface area contributed by atoms with E-state index in [1.165, 1.54) is 11.3 Å². The lowest BCUT2D eigenvalue weighted by Gasteiger charge is -2.17. The fourth-order valence-corrected chi connectivity index (χ4v) is 2.92. The Hall–Kier alpha value is -2.12. The topological polar surface area (TPSA) is 86.5 Å². The number of carbonyl (C=O) groups excluding carboxylic acids is 1. The van der Waals surface area contributed by atoms with Crippen molar-refractivity contribution in [3.63, 3.8) is 0 Å². The Balaban J connectivity index is 2.05. The van der Waals surface area contributed by atoms with Gasteiger partial charge < -0.3 is 20.5 Å². The number of nitrogens with one attached hydrogen (secondary N) is 1. The van der Waals surface area contributed by atoms with E-state index in [0.717, 1.165) is 23.4 Å². The number of amides is 1. The molecule has 1 heterocycles. The second kappa shape index (κ2) is 9.39. The van der Waals surface area contributed by atoms with Crippen molar-refractivity contribution in [3.8, 4) is 11.5 Å². The van der Waals surface area contributed by atoms with Crippen LogP contribution in [0.5, 0.6) is 11.5 Å². The normalized spacial score (nSPS) is 11.8. The van der Waals surface area contributed by atoms with Crippen molar-refractivity contribution in [2.75, 3.05) is 13.7 Å². The maximum atomic E-state index is 12.3. The molecule has 1 atom stereocenters. The zero-order chi connectivity index (χ0) is 18.2. The number of hydrogen-bond donors (Lipinski definition) is 2. The molecule has 0 bridgehead atoms. The summed E-state index contributed by atoms with van der Waals surface area (Å²) in [7, 11) is 1.61. The molecule has 1 aromatic carbocycles. The van der Waals surface area contributed by atoms with Crippen LogP contribution >= 0.6 is 11.3 Å². The number of unbranched alkanes of at least 4 members (excludes halogenated alkanes) is 1. The van der Waals surface area contributed by atoms with Crippen molar-refractivity contribution in [1.29, 1.82) is 0 Å². The Morgan fingerprint density at radius 2 is 2.20 bits per heavy atom. The molecule has 25 heavy (non-hydrogen) atoms. The van der Waals surface area contributed by atoms with Gasteiger partial charge in [0.25, 0.3) is 5.91 Å². The van der Waals surface area contributed by atoms with Gasteiger partial charge in [-0.2, -0.15) is 0 Å². The predicted molar refractivity (Wildman–Crippen MR) is 99.3 cm³/mol. The lowest BCUT2D eigenvalue weighted by atomic mass is 10.1. The van der Waals surface area contributed by atoms with Crippen LogP contribution in [-0.4, -0.2) is 24.6 Å². The molecule has 0 spiro atoms. The lowest BCUT2D eigenvalue weighted by Crippen LogP contribution is -2.27. The highest BCUT2D eigenvalue weighted by molar-refractivity contribution is 7.09. The first-order valence-corrected chi connectivity index (χ1v) is 9.23. The molecule has 0 saturated carbocycles. The van der Waals surface area contributed by atoms with E-state index in [-0.39, 0.29) is 11.9 Å². The number of nitrogens with zero attached hydrogens (tertiary/aromatic N) is 1. The molecule has 2 rings (SSSR count). The van der Waals surface area contributed by atoms with Gasteiger partial charge in [-0.05, 0) is 31.0 Å². The minimum atomic E-state index is -0.217. The van der Waals surface area contributed by atoms with E-state index in [1.807, 2.05) is 25.1 Å². The van der Waals surface area contributed by atoms with Gasteiger partial charge in [0.2, 0.25) is 0 Å². The summed E-state index contributed by atoms with van der Waals surface area (Å²) in [5.41, 5.74) is 6.86. The fraction of sp³-hybridized carbons (Fsp3) is 0.444. The van der Waals surface area contributed by atoms with Crippen LogP contribution in [0.3, 0.4) is 0 Å². The van der Waals surface area contributed by atoms with E-state index in [0.29, 0.717) is 30.3 Å². The Bertz CT molecular complexity index is 703. The maximum absolute atomic E-state index is 12.3.